The molecule has 0 aromatic heterocycles. The van der Waals surface area contributed by atoms with E-state index in [0.29, 0.717) is 38.4 Å². The normalized spacial score (nSPS) is 13.9. The van der Waals surface area contributed by atoms with Crippen molar-refractivity contribution in [1.29, 1.82) is 0 Å². The van der Waals surface area contributed by atoms with Crippen molar-refractivity contribution in [2.45, 2.75) is 19.9 Å². The molecule has 0 saturated carbocycles. The first-order valence-electron chi connectivity index (χ1n) is 9.39. The van der Waals surface area contributed by atoms with Gasteiger partial charge in [-0.25, -0.2) is 10.3 Å². The Morgan fingerprint density at radius 2 is 1.82 bits per heavy atom. The van der Waals surface area contributed by atoms with E-state index in [-0.39, 0.29) is 6.03 Å². The van der Waals surface area contributed by atoms with Gasteiger partial charge in [-0.15, -0.1) is 0 Å². The van der Waals surface area contributed by atoms with E-state index in [0.717, 1.165) is 23.2 Å². The number of carbonyl (C=O) groups excluding carboxylic acids is 2. The number of morpholine rings is 1. The Kier molecular flexibility index (Phi) is 6.62. The molecule has 1 saturated heterocycles. The van der Waals surface area contributed by atoms with Crippen LogP contribution in [0.25, 0.3) is 0 Å². The molecule has 0 aliphatic carbocycles. The number of amides is 3. The lowest BCUT2D eigenvalue weighted by Gasteiger charge is -2.33. The Labute approximate surface area is 164 Å². The molecule has 3 rings (SSSR count). The number of nitrogens with zero attached hydrogens (tertiary/aromatic N) is 2. The fourth-order valence-electron chi connectivity index (χ4n) is 3.15. The quantitative estimate of drug-likeness (QED) is 0.614. The largest absolute Gasteiger partial charge is 0.378 e. The number of rotatable bonds is 5. The number of anilines is 1. The summed E-state index contributed by atoms with van der Waals surface area (Å²) in [5, 5.41) is 8.75. The summed E-state index contributed by atoms with van der Waals surface area (Å²) in [6.45, 7) is 4.68. The van der Waals surface area contributed by atoms with Crippen LogP contribution in [0.5, 0.6) is 0 Å². The number of ether oxygens (including phenoxy) is 1. The lowest BCUT2D eigenvalue weighted by atomic mass is 10.1. The standard InChI is InChI=1S/C21H25N3O4/c1-2-16-4-3-5-19(14-16)24(21(26)23-10-12-28-13-11-23)15-17-6-8-18(9-7-17)20(25)22-27/h3-9,14,27H,2,10-13,15H2,1H3,(H,22,25). The Morgan fingerprint density at radius 3 is 2.46 bits per heavy atom. The van der Waals surface area contributed by atoms with Gasteiger partial charge in [0.25, 0.3) is 5.91 Å². The van der Waals surface area contributed by atoms with Gasteiger partial charge in [-0.1, -0.05) is 31.2 Å². The van der Waals surface area contributed by atoms with Gasteiger partial charge in [-0.05, 0) is 41.8 Å². The van der Waals surface area contributed by atoms with Gasteiger partial charge in [0, 0.05) is 24.3 Å². The molecule has 0 bridgehead atoms. The van der Waals surface area contributed by atoms with Crippen molar-refractivity contribution in [2.24, 2.45) is 0 Å². The molecule has 2 aromatic rings. The van der Waals surface area contributed by atoms with Crippen LogP contribution in [-0.2, 0) is 17.7 Å². The number of urea groups is 1. The molecule has 0 spiro atoms. The van der Waals surface area contributed by atoms with Crippen molar-refractivity contribution in [2.75, 3.05) is 31.2 Å². The number of aryl methyl sites for hydroxylation is 1. The highest BCUT2D eigenvalue weighted by Gasteiger charge is 2.24. The summed E-state index contributed by atoms with van der Waals surface area (Å²) in [7, 11) is 0. The zero-order valence-electron chi connectivity index (χ0n) is 15.9. The van der Waals surface area contributed by atoms with Crippen LogP contribution in [0.2, 0.25) is 0 Å². The van der Waals surface area contributed by atoms with E-state index in [1.54, 1.807) is 39.5 Å². The molecule has 7 heteroatoms. The highest BCUT2D eigenvalue weighted by molar-refractivity contribution is 5.94. The molecule has 2 N–H and O–H groups in total. The number of benzene rings is 2. The second-order valence-corrected chi connectivity index (χ2v) is 6.63. The first kappa shape index (κ1) is 19.9. The van der Waals surface area contributed by atoms with Crippen LogP contribution < -0.4 is 10.4 Å². The third kappa shape index (κ3) is 4.68. The fourth-order valence-corrected chi connectivity index (χ4v) is 3.15. The van der Waals surface area contributed by atoms with Crippen molar-refractivity contribution in [1.82, 2.24) is 10.4 Å². The van der Waals surface area contributed by atoms with Crippen molar-refractivity contribution in [3.05, 3.63) is 65.2 Å². The van der Waals surface area contributed by atoms with E-state index in [1.807, 2.05) is 24.3 Å². The maximum Gasteiger partial charge on any atom is 0.324 e. The van der Waals surface area contributed by atoms with Crippen LogP contribution in [0.15, 0.2) is 48.5 Å². The number of nitrogens with one attached hydrogen (secondary N) is 1. The van der Waals surface area contributed by atoms with Gasteiger partial charge in [-0.2, -0.15) is 0 Å². The van der Waals surface area contributed by atoms with E-state index in [2.05, 4.69) is 6.92 Å². The van der Waals surface area contributed by atoms with Gasteiger partial charge >= 0.3 is 6.03 Å². The number of hydrogen-bond acceptors (Lipinski definition) is 4. The van der Waals surface area contributed by atoms with Crippen LogP contribution in [0.3, 0.4) is 0 Å². The smallest absolute Gasteiger partial charge is 0.324 e. The van der Waals surface area contributed by atoms with Gasteiger partial charge in [0.15, 0.2) is 0 Å². The van der Waals surface area contributed by atoms with Crippen LogP contribution in [0.1, 0.15) is 28.4 Å². The van der Waals surface area contributed by atoms with Crippen molar-refractivity contribution < 1.29 is 19.5 Å². The third-order valence-electron chi connectivity index (χ3n) is 4.80. The van der Waals surface area contributed by atoms with E-state index in [9.17, 15) is 9.59 Å². The summed E-state index contributed by atoms with van der Waals surface area (Å²) in [4.78, 5) is 28.3. The predicted octanol–water partition coefficient (Wildman–Crippen LogP) is 2.83. The van der Waals surface area contributed by atoms with Crippen molar-refractivity contribution in [3.63, 3.8) is 0 Å². The third-order valence-corrected chi connectivity index (χ3v) is 4.80. The van der Waals surface area contributed by atoms with Gasteiger partial charge in [0.2, 0.25) is 0 Å². The molecule has 0 unspecified atom stereocenters. The molecule has 1 fully saturated rings. The van der Waals surface area contributed by atoms with Crippen molar-refractivity contribution in [3.8, 4) is 0 Å². The second kappa shape index (κ2) is 9.34. The minimum absolute atomic E-state index is 0.0614. The van der Waals surface area contributed by atoms with Crippen LogP contribution in [0, 0.1) is 0 Å². The minimum atomic E-state index is -0.566. The molecule has 1 aliphatic heterocycles. The number of hydrogen-bond donors (Lipinski definition) is 2. The Balaban J connectivity index is 1.86. The first-order valence-corrected chi connectivity index (χ1v) is 9.39. The zero-order chi connectivity index (χ0) is 19.9. The summed E-state index contributed by atoms with van der Waals surface area (Å²) in [5.74, 6) is -0.566. The Hall–Kier alpha value is -2.90. The van der Waals surface area contributed by atoms with Crippen LogP contribution in [0.4, 0.5) is 10.5 Å². The molecule has 28 heavy (non-hydrogen) atoms. The molecule has 148 valence electrons. The highest BCUT2D eigenvalue weighted by Crippen LogP contribution is 2.22. The summed E-state index contributed by atoms with van der Waals surface area (Å²) in [6.07, 6.45) is 0.887. The first-order chi connectivity index (χ1) is 13.6. The summed E-state index contributed by atoms with van der Waals surface area (Å²) in [5.41, 5.74) is 4.86. The van der Waals surface area contributed by atoms with Gasteiger partial charge in [0.05, 0.1) is 19.8 Å². The number of hydroxylamine groups is 1. The summed E-state index contributed by atoms with van der Waals surface area (Å²) >= 11 is 0. The Morgan fingerprint density at radius 1 is 1.11 bits per heavy atom. The highest BCUT2D eigenvalue weighted by atomic mass is 16.5. The lowest BCUT2D eigenvalue weighted by Crippen LogP contribution is -2.48. The minimum Gasteiger partial charge on any atom is -0.378 e. The number of carbonyl (C=O) groups is 2. The molecule has 3 amide bonds. The Bertz CT molecular complexity index is 817. The van der Waals surface area contributed by atoms with Crippen LogP contribution in [-0.4, -0.2) is 48.3 Å². The average Bonchev–Trinajstić information content (AvgIpc) is 2.77. The molecule has 1 aliphatic rings. The molecule has 0 radical (unpaired) electrons. The molecule has 2 aromatic carbocycles. The zero-order valence-corrected chi connectivity index (χ0v) is 15.9. The predicted molar refractivity (Wildman–Crippen MR) is 105 cm³/mol. The molecule has 0 atom stereocenters. The van der Waals surface area contributed by atoms with Gasteiger partial charge in [-0.3, -0.25) is 14.9 Å². The van der Waals surface area contributed by atoms with E-state index >= 15 is 0 Å². The molecular formula is C21H25N3O4. The lowest BCUT2D eigenvalue weighted by molar-refractivity contribution is 0.0548. The fraction of sp³-hybridized carbons (Fsp3) is 0.333. The van der Waals surface area contributed by atoms with E-state index in [4.69, 9.17) is 9.94 Å². The average molecular weight is 383 g/mol. The second-order valence-electron chi connectivity index (χ2n) is 6.63. The van der Waals surface area contributed by atoms with E-state index in [1.165, 1.54) is 0 Å². The van der Waals surface area contributed by atoms with E-state index < -0.39 is 5.91 Å². The summed E-state index contributed by atoms with van der Waals surface area (Å²) < 4.78 is 5.37. The molecule has 1 heterocycles. The van der Waals surface area contributed by atoms with Crippen LogP contribution >= 0.6 is 0 Å². The molecule has 7 nitrogen and oxygen atoms in total. The molecular weight excluding hydrogens is 358 g/mol. The van der Waals surface area contributed by atoms with Gasteiger partial charge < -0.3 is 9.64 Å². The monoisotopic (exact) mass is 383 g/mol. The maximum absolute atomic E-state index is 13.2. The maximum atomic E-state index is 13.2. The van der Waals surface area contributed by atoms with Crippen molar-refractivity contribution >= 4 is 17.6 Å². The SMILES string of the molecule is CCc1cccc(N(Cc2ccc(C(=O)NO)cc2)C(=O)N2CCOCC2)c1. The van der Waals surface area contributed by atoms with Gasteiger partial charge in [0.1, 0.15) is 0 Å². The topological polar surface area (TPSA) is 82.1 Å². The summed E-state index contributed by atoms with van der Waals surface area (Å²) in [6, 6.07) is 14.7.